The van der Waals surface area contributed by atoms with Crippen molar-refractivity contribution < 1.29 is 19.6 Å². The summed E-state index contributed by atoms with van der Waals surface area (Å²) < 4.78 is 11.5. The van der Waals surface area contributed by atoms with Crippen LogP contribution in [0.4, 0.5) is 5.82 Å². The molecule has 0 saturated carbocycles. The number of morpholine rings is 1. The van der Waals surface area contributed by atoms with Gasteiger partial charge in [0, 0.05) is 12.2 Å². The molecular weight excluding hydrogens is 326 g/mol. The Morgan fingerprint density at radius 2 is 2.08 bits per heavy atom. The third-order valence-corrected chi connectivity index (χ3v) is 5.38. The lowest BCUT2D eigenvalue weighted by Gasteiger charge is -2.34. The third kappa shape index (κ3) is 3.52. The molecule has 3 heterocycles. The Morgan fingerprint density at radius 1 is 1.33 bits per heavy atom. The predicted molar refractivity (Wildman–Crippen MR) is 91.1 cm³/mol. The van der Waals surface area contributed by atoms with E-state index in [2.05, 4.69) is 29.8 Å². The molecule has 2 aliphatic heterocycles. The van der Waals surface area contributed by atoms with E-state index in [1.54, 1.807) is 0 Å². The smallest absolute Gasteiger partial charge is 0.281 e. The summed E-state index contributed by atoms with van der Waals surface area (Å²) in [4.78, 5) is 5.72. The van der Waals surface area contributed by atoms with E-state index in [1.807, 2.05) is 0 Å². The van der Waals surface area contributed by atoms with E-state index in [0.29, 0.717) is 37.6 Å². The topological polar surface area (TPSA) is 79.9 Å². The van der Waals surface area contributed by atoms with Gasteiger partial charge in [-0.05, 0) is 19.4 Å². The summed E-state index contributed by atoms with van der Waals surface area (Å²) >= 11 is 1.50. The molecule has 6 nitrogen and oxygen atoms in total. The number of nitriles is 1. The normalized spacial score (nSPS) is 19.7. The molecule has 0 radical (unpaired) electrons. The number of aliphatic hydroxyl groups is 1. The SMILES string of the molecule is CC1(C)Cc2c(C#N)c(SCCO)[nH+]c(N3CCOCC3)c2CO1. The second kappa shape index (κ2) is 7.28. The van der Waals surface area contributed by atoms with Crippen molar-refractivity contribution in [1.82, 2.24) is 0 Å². The predicted octanol–water partition coefficient (Wildman–Crippen LogP) is 1.14. The average molecular weight is 350 g/mol. The number of nitrogens with zero attached hydrogens (tertiary/aromatic N) is 2. The van der Waals surface area contributed by atoms with Gasteiger partial charge in [0.2, 0.25) is 0 Å². The van der Waals surface area contributed by atoms with Crippen LogP contribution in [0.1, 0.15) is 30.5 Å². The number of rotatable bonds is 4. The Bertz CT molecular complexity index is 651. The number of H-pyrrole nitrogens is 1. The highest BCUT2D eigenvalue weighted by Crippen LogP contribution is 2.36. The minimum atomic E-state index is -0.277. The number of aliphatic hydroxyl groups excluding tert-OH is 1. The highest BCUT2D eigenvalue weighted by atomic mass is 32.2. The molecule has 0 bridgehead atoms. The average Bonchev–Trinajstić information content (AvgIpc) is 2.58. The molecule has 24 heavy (non-hydrogen) atoms. The minimum Gasteiger partial charge on any atom is -0.396 e. The lowest BCUT2D eigenvalue weighted by molar-refractivity contribution is -0.415. The molecule has 0 spiro atoms. The number of thioether (sulfide) groups is 1. The first-order valence-electron chi connectivity index (χ1n) is 8.27. The van der Waals surface area contributed by atoms with Crippen molar-refractivity contribution in [1.29, 1.82) is 5.26 Å². The molecule has 130 valence electrons. The maximum atomic E-state index is 9.72. The van der Waals surface area contributed by atoms with Crippen LogP contribution in [0, 0.1) is 11.3 Å². The zero-order valence-corrected chi connectivity index (χ0v) is 15.0. The van der Waals surface area contributed by atoms with Gasteiger partial charge in [-0.2, -0.15) is 5.26 Å². The molecule has 0 unspecified atom stereocenters. The van der Waals surface area contributed by atoms with Gasteiger partial charge in [-0.15, -0.1) is 0 Å². The van der Waals surface area contributed by atoms with E-state index < -0.39 is 0 Å². The molecule has 1 aromatic heterocycles. The largest absolute Gasteiger partial charge is 0.396 e. The molecule has 0 aromatic carbocycles. The van der Waals surface area contributed by atoms with Crippen molar-refractivity contribution in [2.75, 3.05) is 43.6 Å². The molecule has 0 atom stereocenters. The van der Waals surface area contributed by atoms with Crippen molar-refractivity contribution >= 4 is 17.6 Å². The van der Waals surface area contributed by atoms with Gasteiger partial charge < -0.3 is 14.6 Å². The minimum absolute atomic E-state index is 0.0853. The summed E-state index contributed by atoms with van der Waals surface area (Å²) in [6.07, 6.45) is 0.712. The zero-order valence-electron chi connectivity index (χ0n) is 14.2. The van der Waals surface area contributed by atoms with Crippen molar-refractivity contribution in [3.05, 3.63) is 16.7 Å². The van der Waals surface area contributed by atoms with E-state index in [1.165, 1.54) is 11.8 Å². The number of hydrogen-bond acceptors (Lipinski definition) is 6. The number of pyridine rings is 1. The maximum absolute atomic E-state index is 9.72. The van der Waals surface area contributed by atoms with Crippen LogP contribution in [0.15, 0.2) is 5.03 Å². The molecule has 2 aliphatic rings. The van der Waals surface area contributed by atoms with Crippen LogP contribution in [-0.4, -0.2) is 49.4 Å². The fraction of sp³-hybridized carbons (Fsp3) is 0.647. The second-order valence-corrected chi connectivity index (χ2v) is 7.75. The fourth-order valence-electron chi connectivity index (χ4n) is 3.20. The Hall–Kier alpha value is -1.33. The van der Waals surface area contributed by atoms with Crippen molar-refractivity contribution in [2.45, 2.75) is 37.5 Å². The molecule has 3 rings (SSSR count). The quantitative estimate of drug-likeness (QED) is 0.821. The van der Waals surface area contributed by atoms with Gasteiger partial charge in [-0.25, -0.2) is 4.98 Å². The van der Waals surface area contributed by atoms with Crippen LogP contribution in [0.2, 0.25) is 0 Å². The molecular formula is C17H24N3O3S+. The maximum Gasteiger partial charge on any atom is 0.281 e. The molecule has 7 heteroatoms. The van der Waals surface area contributed by atoms with E-state index >= 15 is 0 Å². The van der Waals surface area contributed by atoms with E-state index in [9.17, 15) is 5.26 Å². The van der Waals surface area contributed by atoms with Gasteiger partial charge in [0.25, 0.3) is 5.82 Å². The number of fused-ring (bicyclic) bond motifs is 1. The summed E-state index contributed by atoms with van der Waals surface area (Å²) in [5.41, 5.74) is 2.58. The Labute approximate surface area is 146 Å². The summed E-state index contributed by atoms with van der Waals surface area (Å²) in [5.74, 6) is 1.59. The molecule has 2 N–H and O–H groups in total. The summed E-state index contributed by atoms with van der Waals surface area (Å²) in [6.45, 7) is 7.76. The molecule has 1 aromatic rings. The number of nitrogens with one attached hydrogen (secondary N) is 1. The van der Waals surface area contributed by atoms with Gasteiger partial charge in [0.15, 0.2) is 5.03 Å². The van der Waals surface area contributed by atoms with Crippen LogP contribution in [-0.2, 0) is 22.5 Å². The summed E-state index contributed by atoms with van der Waals surface area (Å²) in [7, 11) is 0. The number of anilines is 1. The fourth-order valence-corrected chi connectivity index (χ4v) is 3.98. The van der Waals surface area contributed by atoms with Gasteiger partial charge >= 0.3 is 0 Å². The van der Waals surface area contributed by atoms with Crippen LogP contribution in [0.3, 0.4) is 0 Å². The van der Waals surface area contributed by atoms with Gasteiger partial charge in [-0.1, -0.05) is 11.8 Å². The van der Waals surface area contributed by atoms with Crippen molar-refractivity contribution in [3.8, 4) is 6.07 Å². The zero-order chi connectivity index (χ0) is 17.2. The molecule has 0 aliphatic carbocycles. The van der Waals surface area contributed by atoms with Crippen molar-refractivity contribution in [3.63, 3.8) is 0 Å². The first-order chi connectivity index (χ1) is 11.6. The molecule has 0 amide bonds. The Balaban J connectivity index is 2.09. The summed E-state index contributed by atoms with van der Waals surface area (Å²) in [5, 5.41) is 19.7. The molecule has 1 fully saturated rings. The second-order valence-electron chi connectivity index (χ2n) is 6.64. The number of ether oxygens (including phenoxy) is 2. The molecule has 1 saturated heterocycles. The lowest BCUT2D eigenvalue weighted by Crippen LogP contribution is -2.43. The number of aromatic nitrogens is 1. The van der Waals surface area contributed by atoms with Crippen LogP contribution in [0.5, 0.6) is 0 Å². The Kier molecular flexibility index (Phi) is 5.30. The summed E-state index contributed by atoms with van der Waals surface area (Å²) in [6, 6.07) is 2.37. The van der Waals surface area contributed by atoms with Crippen LogP contribution < -0.4 is 9.88 Å². The van der Waals surface area contributed by atoms with E-state index in [-0.39, 0.29) is 12.2 Å². The highest BCUT2D eigenvalue weighted by molar-refractivity contribution is 7.99. The highest BCUT2D eigenvalue weighted by Gasteiger charge is 2.36. The van der Waals surface area contributed by atoms with Gasteiger partial charge in [-0.3, -0.25) is 4.90 Å². The van der Waals surface area contributed by atoms with Gasteiger partial charge in [0.1, 0.15) is 24.7 Å². The monoisotopic (exact) mass is 350 g/mol. The number of aromatic amines is 1. The van der Waals surface area contributed by atoms with E-state index in [4.69, 9.17) is 14.6 Å². The van der Waals surface area contributed by atoms with Gasteiger partial charge in [0.05, 0.1) is 37.6 Å². The third-order valence-electron chi connectivity index (χ3n) is 4.40. The first kappa shape index (κ1) is 17.5. The standard InChI is InChI=1S/C17H23N3O3S/c1-17(2)9-12-13(10-18)16(24-8-5-21)19-15(14(12)11-23-17)20-3-6-22-7-4-20/h21H,3-9,11H2,1-2H3/p+1. The number of hydrogen-bond donors (Lipinski definition) is 1. The van der Waals surface area contributed by atoms with Crippen LogP contribution >= 0.6 is 11.8 Å². The van der Waals surface area contributed by atoms with Crippen LogP contribution in [0.25, 0.3) is 0 Å². The van der Waals surface area contributed by atoms with E-state index in [0.717, 1.165) is 35.1 Å². The Morgan fingerprint density at radius 3 is 2.75 bits per heavy atom. The first-order valence-corrected chi connectivity index (χ1v) is 9.26. The van der Waals surface area contributed by atoms with Crippen molar-refractivity contribution in [2.24, 2.45) is 0 Å². The lowest BCUT2D eigenvalue weighted by atomic mass is 9.89.